The molecule has 4 atom stereocenters. The van der Waals surface area contributed by atoms with Crippen LogP contribution in [0.1, 0.15) is 46.0 Å². The van der Waals surface area contributed by atoms with Gasteiger partial charge in [0.25, 0.3) is 0 Å². The van der Waals surface area contributed by atoms with Gasteiger partial charge in [-0.05, 0) is 0 Å². The average Bonchev–Trinajstić information content (AvgIpc) is 3.43. The van der Waals surface area contributed by atoms with E-state index in [9.17, 15) is 36.2 Å². The molecule has 2 saturated heterocycles. The topological polar surface area (TPSA) is 90.4 Å². The number of rotatable bonds is 4. The molecule has 0 spiro atoms. The maximum absolute atomic E-state index is 13.2. The molecule has 168 valence electrons. The standard InChI is InChI=1S/C17H23F6IN2O3/c1-13(2,17-24(25-17)26-17)12(27)29-11-6-3-8-7-9(4-5-10(8)11)14(28,15(18,19)20)16(21,22)23/h8-11,25-26,28H,3-7H2,1-2H3. The molecule has 4 fully saturated rings. The van der Waals surface area contributed by atoms with Crippen LogP contribution in [0.15, 0.2) is 0 Å². The Hall–Kier alpha value is -0.340. The predicted octanol–water partition coefficient (Wildman–Crippen LogP) is 3.80. The van der Waals surface area contributed by atoms with Crippen LogP contribution >= 0.6 is 20.4 Å². The quantitative estimate of drug-likeness (QED) is 0.0954. The van der Waals surface area contributed by atoms with Crippen LogP contribution in [0.3, 0.4) is 0 Å². The van der Waals surface area contributed by atoms with Gasteiger partial charge in [0, 0.05) is 0 Å². The van der Waals surface area contributed by atoms with Crippen molar-refractivity contribution in [3.05, 3.63) is 0 Å². The summed E-state index contributed by atoms with van der Waals surface area (Å²) in [4.78, 5) is 12.7. The van der Waals surface area contributed by atoms with E-state index < -0.39 is 74.1 Å². The van der Waals surface area contributed by atoms with E-state index in [1.807, 2.05) is 0 Å². The number of ether oxygens (including phenoxy) is 1. The number of esters is 1. The normalized spacial score (nSPS) is 35.0. The number of halogens is 7. The van der Waals surface area contributed by atoms with Crippen molar-refractivity contribution in [3.8, 4) is 0 Å². The van der Waals surface area contributed by atoms with Crippen molar-refractivity contribution in [2.75, 3.05) is 0 Å². The van der Waals surface area contributed by atoms with Gasteiger partial charge < -0.3 is 0 Å². The molecule has 2 aliphatic carbocycles. The number of hydrogen-bond donors (Lipinski definition) is 3. The number of carbonyl (C=O) groups excluding carboxylic acids is 1. The second kappa shape index (κ2) is 6.35. The van der Waals surface area contributed by atoms with Crippen molar-refractivity contribution in [3.63, 3.8) is 0 Å². The zero-order chi connectivity index (χ0) is 21.6. The monoisotopic (exact) mass is 544 g/mol. The van der Waals surface area contributed by atoms with E-state index >= 15 is 0 Å². The molecular formula is C17H23F6IN2O3. The molecule has 4 aliphatic rings. The summed E-state index contributed by atoms with van der Waals surface area (Å²) in [6.07, 6.45) is -12.1. The number of hydrogen-bond acceptors (Lipinski definition) is 5. The van der Waals surface area contributed by atoms with Crippen LogP contribution in [0, 0.1) is 23.2 Å². The van der Waals surface area contributed by atoms with Crippen molar-refractivity contribution >= 4 is 26.3 Å². The van der Waals surface area contributed by atoms with Crippen molar-refractivity contribution < 1.29 is 41.0 Å². The van der Waals surface area contributed by atoms with E-state index in [2.05, 4.69) is 7.06 Å². The SMILES string of the molecule is CC(C)(C(=O)OC1CCC2CC(C(O)(C(F)(F)F)C(F)(F)F)CCC21)C12NI1N2. The third kappa shape index (κ3) is 3.10. The number of fused-ring (bicyclic) bond motifs is 2. The van der Waals surface area contributed by atoms with Gasteiger partial charge in [-0.15, -0.1) is 0 Å². The van der Waals surface area contributed by atoms with Crippen LogP contribution < -0.4 is 7.06 Å². The molecule has 0 aromatic rings. The van der Waals surface area contributed by atoms with Crippen molar-refractivity contribution in [1.82, 2.24) is 7.06 Å². The molecule has 5 nitrogen and oxygen atoms in total. The molecule has 3 N–H and O–H groups in total. The van der Waals surface area contributed by atoms with Gasteiger partial charge >= 0.3 is 171 Å². The Kier molecular flexibility index (Phi) is 4.79. The molecule has 4 unspecified atom stereocenters. The van der Waals surface area contributed by atoms with Gasteiger partial charge in [-0.25, -0.2) is 0 Å². The van der Waals surface area contributed by atoms with Crippen LogP contribution in [-0.4, -0.2) is 38.8 Å². The molecule has 0 aromatic heterocycles. The first-order chi connectivity index (χ1) is 13.1. The summed E-state index contributed by atoms with van der Waals surface area (Å²) in [7, 11) is 0. The van der Waals surface area contributed by atoms with Crippen molar-refractivity contribution in [2.45, 2.75) is 73.7 Å². The van der Waals surface area contributed by atoms with E-state index in [4.69, 9.17) is 4.74 Å². The van der Waals surface area contributed by atoms with E-state index in [0.29, 0.717) is 12.8 Å². The number of nitrogens with one attached hydrogen (secondary N) is 2. The fourth-order valence-corrected chi connectivity index (χ4v) is 10.5. The minimum absolute atomic E-state index is 0.0579. The van der Waals surface area contributed by atoms with Gasteiger partial charge in [0.05, 0.1) is 0 Å². The van der Waals surface area contributed by atoms with E-state index in [-0.39, 0.29) is 22.4 Å². The fraction of sp³-hybridized carbons (Fsp3) is 0.941. The zero-order valence-electron chi connectivity index (χ0n) is 15.8. The molecule has 4 rings (SSSR count). The Bertz CT molecular complexity index is 692. The first-order valence-electron chi connectivity index (χ1n) is 9.47. The summed E-state index contributed by atoms with van der Waals surface area (Å²) >= 11 is -1.39. The summed E-state index contributed by atoms with van der Waals surface area (Å²) in [5.41, 5.74) is -5.48. The summed E-state index contributed by atoms with van der Waals surface area (Å²) in [5, 5.41) is 9.70. The summed E-state index contributed by atoms with van der Waals surface area (Å²) in [6, 6.07) is 0. The second-order valence-electron chi connectivity index (χ2n) is 8.97. The van der Waals surface area contributed by atoms with Gasteiger partial charge in [-0.2, -0.15) is 0 Å². The van der Waals surface area contributed by atoms with E-state index in [1.54, 1.807) is 13.8 Å². The average molecular weight is 544 g/mol. The van der Waals surface area contributed by atoms with Gasteiger partial charge in [0.2, 0.25) is 0 Å². The first-order valence-corrected chi connectivity index (χ1v) is 12.7. The van der Waals surface area contributed by atoms with Crippen molar-refractivity contribution in [1.29, 1.82) is 0 Å². The molecule has 0 amide bonds. The number of carbonyl (C=O) groups is 1. The Morgan fingerprint density at radius 3 is 2.07 bits per heavy atom. The Balaban J connectivity index is 1.43. The van der Waals surface area contributed by atoms with Crippen LogP contribution in [0.2, 0.25) is 0 Å². The molecule has 2 aliphatic heterocycles. The van der Waals surface area contributed by atoms with Gasteiger partial charge in [-0.1, -0.05) is 0 Å². The van der Waals surface area contributed by atoms with Crippen LogP contribution in [0.25, 0.3) is 0 Å². The predicted molar refractivity (Wildman–Crippen MR) is 97.3 cm³/mol. The summed E-state index contributed by atoms with van der Waals surface area (Å²) in [5.74, 6) is -3.06. The van der Waals surface area contributed by atoms with Gasteiger partial charge in [-0.3, -0.25) is 0 Å². The number of aliphatic hydroxyl groups is 1. The number of alkyl halides is 7. The van der Waals surface area contributed by atoms with Gasteiger partial charge in [0.1, 0.15) is 0 Å². The molecule has 0 radical (unpaired) electrons. The third-order valence-corrected chi connectivity index (χ3v) is 12.2. The van der Waals surface area contributed by atoms with E-state index in [1.165, 1.54) is 0 Å². The Morgan fingerprint density at radius 1 is 1.03 bits per heavy atom. The van der Waals surface area contributed by atoms with E-state index in [0.717, 1.165) is 0 Å². The molecule has 2 heterocycles. The van der Waals surface area contributed by atoms with Crippen molar-refractivity contribution in [2.24, 2.45) is 23.2 Å². The van der Waals surface area contributed by atoms with Gasteiger partial charge in [0.15, 0.2) is 0 Å². The fourth-order valence-electron chi connectivity index (χ4n) is 4.97. The second-order valence-corrected chi connectivity index (χ2v) is 13.3. The maximum atomic E-state index is 13.2. The molecule has 12 heteroatoms. The Morgan fingerprint density at radius 2 is 1.59 bits per heavy atom. The Labute approximate surface area is 171 Å². The van der Waals surface area contributed by atoms with Crippen LogP contribution in [0.5, 0.6) is 0 Å². The molecule has 29 heavy (non-hydrogen) atoms. The molecular weight excluding hydrogens is 521 g/mol. The molecule has 0 aromatic carbocycles. The molecule has 2 saturated carbocycles. The summed E-state index contributed by atoms with van der Waals surface area (Å²) in [6.45, 7) is 3.55. The first kappa shape index (κ1) is 21.9. The molecule has 0 bridgehead atoms. The zero-order valence-corrected chi connectivity index (χ0v) is 17.9. The minimum atomic E-state index is -5.80. The summed E-state index contributed by atoms with van der Waals surface area (Å²) < 4.78 is 91.0. The van der Waals surface area contributed by atoms with Crippen LogP contribution in [0.4, 0.5) is 26.3 Å². The van der Waals surface area contributed by atoms with Crippen LogP contribution in [-0.2, 0) is 9.53 Å². The third-order valence-electron chi connectivity index (χ3n) is 7.09.